The van der Waals surface area contributed by atoms with E-state index in [1.165, 1.54) is 18.2 Å². The van der Waals surface area contributed by atoms with E-state index in [-0.39, 0.29) is 26.6 Å². The van der Waals surface area contributed by atoms with Crippen LogP contribution in [0.1, 0.15) is 15.9 Å². The first-order chi connectivity index (χ1) is 16.2. The van der Waals surface area contributed by atoms with E-state index in [0.29, 0.717) is 5.02 Å². The highest BCUT2D eigenvalue weighted by atomic mass is 35.5. The molecule has 0 bridgehead atoms. The number of nitrogens with zero attached hydrogens (tertiary/aromatic N) is 4. The summed E-state index contributed by atoms with van der Waals surface area (Å²) >= 11 is 12.6. The average molecular weight is 541 g/mol. The normalized spacial score (nSPS) is 14.9. The first-order valence-electron chi connectivity index (χ1n) is 10.3. The van der Waals surface area contributed by atoms with Crippen molar-refractivity contribution in [2.45, 2.75) is 10.9 Å². The highest BCUT2D eigenvalue weighted by molar-refractivity contribution is 7.91. The zero-order chi connectivity index (χ0) is 24.3. The van der Waals surface area contributed by atoms with Gasteiger partial charge in [0.15, 0.2) is 0 Å². The van der Waals surface area contributed by atoms with Gasteiger partial charge in [-0.25, -0.2) is 13.1 Å². The molecule has 9 nitrogen and oxygen atoms in total. The SMILES string of the molecule is CN1CCN(c2ccc(CNS(=O)(=O)c3nnc(NC(=O)c4ccc(Cl)cc4Cl)s3)cc2)CC1. The van der Waals surface area contributed by atoms with E-state index in [1.807, 2.05) is 24.3 Å². The van der Waals surface area contributed by atoms with E-state index < -0.39 is 15.9 Å². The monoisotopic (exact) mass is 540 g/mol. The maximum absolute atomic E-state index is 12.6. The Morgan fingerprint density at radius 1 is 1.06 bits per heavy atom. The molecule has 0 spiro atoms. The lowest BCUT2D eigenvalue weighted by atomic mass is 10.2. The van der Waals surface area contributed by atoms with Crippen LogP contribution in [0.5, 0.6) is 0 Å². The summed E-state index contributed by atoms with van der Waals surface area (Å²) in [6.07, 6.45) is 0. The van der Waals surface area contributed by atoms with E-state index >= 15 is 0 Å². The molecule has 0 atom stereocenters. The number of piperazine rings is 1. The Balaban J connectivity index is 1.35. The zero-order valence-corrected chi connectivity index (χ0v) is 21.3. The number of rotatable bonds is 7. The van der Waals surface area contributed by atoms with Crippen LogP contribution in [0.15, 0.2) is 46.8 Å². The van der Waals surface area contributed by atoms with E-state index in [4.69, 9.17) is 23.2 Å². The summed E-state index contributed by atoms with van der Waals surface area (Å²) < 4.78 is 27.6. The molecule has 1 amide bonds. The minimum Gasteiger partial charge on any atom is -0.369 e. The Labute approximate surface area is 211 Å². The lowest BCUT2D eigenvalue weighted by Crippen LogP contribution is -2.44. The average Bonchev–Trinajstić information content (AvgIpc) is 3.28. The third kappa shape index (κ3) is 6.04. The third-order valence-corrected chi connectivity index (χ3v) is 8.46. The summed E-state index contributed by atoms with van der Waals surface area (Å²) in [4.78, 5) is 17.0. The van der Waals surface area contributed by atoms with Crippen LogP contribution in [0.2, 0.25) is 10.0 Å². The van der Waals surface area contributed by atoms with E-state index in [1.54, 1.807) is 0 Å². The second-order valence-electron chi connectivity index (χ2n) is 7.73. The van der Waals surface area contributed by atoms with Crippen LogP contribution in [0.4, 0.5) is 10.8 Å². The predicted octanol–water partition coefficient (Wildman–Crippen LogP) is 3.33. The molecule has 1 aliphatic rings. The van der Waals surface area contributed by atoms with Crippen molar-refractivity contribution in [3.8, 4) is 0 Å². The first-order valence-corrected chi connectivity index (χ1v) is 13.4. The van der Waals surface area contributed by atoms with Crippen LogP contribution in [-0.2, 0) is 16.6 Å². The number of aromatic nitrogens is 2. The van der Waals surface area contributed by atoms with Crippen molar-refractivity contribution in [2.75, 3.05) is 43.4 Å². The number of likely N-dealkylation sites (N-methyl/N-ethyl adjacent to an activating group) is 1. The Morgan fingerprint density at radius 3 is 2.44 bits per heavy atom. The molecular formula is C21H22Cl2N6O3S2. The molecule has 1 fully saturated rings. The fraction of sp³-hybridized carbons (Fsp3) is 0.286. The molecule has 2 N–H and O–H groups in total. The maximum atomic E-state index is 12.6. The second-order valence-corrected chi connectivity index (χ2v) is 11.5. The molecule has 2 aromatic carbocycles. The zero-order valence-electron chi connectivity index (χ0n) is 18.2. The van der Waals surface area contributed by atoms with Crippen LogP contribution in [0, 0.1) is 0 Å². The Morgan fingerprint density at radius 2 is 1.76 bits per heavy atom. The molecule has 3 aromatic rings. The third-order valence-electron chi connectivity index (χ3n) is 5.30. The highest BCUT2D eigenvalue weighted by Gasteiger charge is 2.22. The summed E-state index contributed by atoms with van der Waals surface area (Å²) in [5.74, 6) is -0.546. The quantitative estimate of drug-likeness (QED) is 0.442. The number of carbonyl (C=O) groups excluding carboxylic acids is 1. The van der Waals surface area contributed by atoms with Crippen molar-refractivity contribution in [1.29, 1.82) is 0 Å². The number of benzene rings is 2. The van der Waals surface area contributed by atoms with Crippen molar-refractivity contribution < 1.29 is 13.2 Å². The van der Waals surface area contributed by atoms with Crippen molar-refractivity contribution in [3.05, 3.63) is 63.6 Å². The first kappa shape index (κ1) is 24.8. The predicted molar refractivity (Wildman–Crippen MR) is 135 cm³/mol. The van der Waals surface area contributed by atoms with Crippen LogP contribution >= 0.6 is 34.5 Å². The van der Waals surface area contributed by atoms with E-state index in [2.05, 4.69) is 37.1 Å². The topological polar surface area (TPSA) is 108 Å². The van der Waals surface area contributed by atoms with Crippen molar-refractivity contribution >= 4 is 61.3 Å². The van der Waals surface area contributed by atoms with E-state index in [9.17, 15) is 13.2 Å². The largest absolute Gasteiger partial charge is 0.369 e. The number of sulfonamides is 1. The van der Waals surface area contributed by atoms with Gasteiger partial charge >= 0.3 is 0 Å². The Bertz CT molecular complexity index is 1280. The highest BCUT2D eigenvalue weighted by Crippen LogP contribution is 2.24. The van der Waals surface area contributed by atoms with Crippen LogP contribution < -0.4 is 14.9 Å². The molecule has 0 aliphatic carbocycles. The van der Waals surface area contributed by atoms with Crippen molar-refractivity contribution in [3.63, 3.8) is 0 Å². The lowest BCUT2D eigenvalue weighted by Gasteiger charge is -2.34. The summed E-state index contributed by atoms with van der Waals surface area (Å²) in [6.45, 7) is 4.05. The van der Waals surface area contributed by atoms with Gasteiger partial charge in [0, 0.05) is 43.4 Å². The van der Waals surface area contributed by atoms with Gasteiger partial charge in [0.25, 0.3) is 15.9 Å². The molecule has 0 saturated carbocycles. The minimum absolute atomic E-state index is 0.0351. The fourth-order valence-electron chi connectivity index (χ4n) is 3.34. The molecule has 34 heavy (non-hydrogen) atoms. The van der Waals surface area contributed by atoms with Gasteiger partial charge in [-0.15, -0.1) is 10.2 Å². The van der Waals surface area contributed by atoms with Crippen LogP contribution in [-0.4, -0.2) is 62.6 Å². The molecule has 13 heteroatoms. The summed E-state index contributed by atoms with van der Waals surface area (Å²) in [5.41, 5.74) is 2.12. The number of hydrogen-bond acceptors (Lipinski definition) is 8. The van der Waals surface area contributed by atoms with Gasteiger partial charge in [-0.1, -0.05) is 46.7 Å². The Kier molecular flexibility index (Phi) is 7.70. The minimum atomic E-state index is -3.90. The number of anilines is 2. The number of nitrogens with one attached hydrogen (secondary N) is 2. The van der Waals surface area contributed by atoms with Crippen molar-refractivity contribution in [2.24, 2.45) is 0 Å². The molecule has 4 rings (SSSR count). The van der Waals surface area contributed by atoms with Gasteiger partial charge in [0.1, 0.15) is 0 Å². The number of halogens is 2. The molecule has 0 radical (unpaired) electrons. The lowest BCUT2D eigenvalue weighted by molar-refractivity contribution is 0.102. The molecule has 180 valence electrons. The van der Waals surface area contributed by atoms with Gasteiger partial charge in [0.2, 0.25) is 9.47 Å². The summed E-state index contributed by atoms with van der Waals surface area (Å²) in [6, 6.07) is 12.2. The van der Waals surface area contributed by atoms with Crippen LogP contribution in [0.3, 0.4) is 0 Å². The number of hydrogen-bond donors (Lipinski definition) is 2. The molecule has 1 aromatic heterocycles. The second kappa shape index (κ2) is 10.5. The smallest absolute Gasteiger partial charge is 0.270 e. The van der Waals surface area contributed by atoms with E-state index in [0.717, 1.165) is 48.8 Å². The fourth-order valence-corrected chi connectivity index (χ4v) is 5.78. The van der Waals surface area contributed by atoms with Gasteiger partial charge in [-0.05, 0) is 42.9 Å². The standard InChI is InChI=1S/C21H22Cl2N6O3S2/c1-28-8-10-29(11-9-28)16-5-2-14(3-6-16)13-24-34(31,32)21-27-26-20(33-21)25-19(30)17-7-4-15(22)12-18(17)23/h2-7,12,24H,8-11,13H2,1H3,(H,25,26,30). The molecular weight excluding hydrogens is 519 g/mol. The van der Waals surface area contributed by atoms with Gasteiger partial charge < -0.3 is 9.80 Å². The molecule has 2 heterocycles. The molecule has 1 saturated heterocycles. The van der Waals surface area contributed by atoms with Crippen molar-refractivity contribution in [1.82, 2.24) is 19.8 Å². The summed E-state index contributed by atoms with van der Waals surface area (Å²) in [5, 5.41) is 10.6. The van der Waals surface area contributed by atoms with Gasteiger partial charge in [-0.2, -0.15) is 0 Å². The molecule has 1 aliphatic heterocycles. The summed E-state index contributed by atoms with van der Waals surface area (Å²) in [7, 11) is -1.80. The number of amides is 1. The van der Waals surface area contributed by atoms with Gasteiger partial charge in [-0.3, -0.25) is 10.1 Å². The molecule has 0 unspecified atom stereocenters. The van der Waals surface area contributed by atoms with Crippen LogP contribution in [0.25, 0.3) is 0 Å². The van der Waals surface area contributed by atoms with Gasteiger partial charge in [0.05, 0.1) is 10.6 Å². The maximum Gasteiger partial charge on any atom is 0.270 e. The number of carbonyl (C=O) groups is 1. The Hall–Kier alpha value is -2.28.